The average molecular weight is 259 g/mol. The molecular weight excluding hydrogens is 244 g/mol. The van der Waals surface area contributed by atoms with Crippen LogP contribution in [0, 0.1) is 0 Å². The largest absolute Gasteiger partial charge is 0.495 e. The third kappa shape index (κ3) is 4.24. The van der Waals surface area contributed by atoms with E-state index in [4.69, 9.17) is 21.4 Å². The number of ether oxygens (including phenoxy) is 1. The van der Waals surface area contributed by atoms with Crippen molar-refractivity contribution in [2.24, 2.45) is 0 Å². The zero-order valence-electron chi connectivity index (χ0n) is 9.52. The predicted molar refractivity (Wildman–Crippen MR) is 64.5 cm³/mol. The number of carboxylic acids is 1. The number of halogens is 1. The first-order valence-corrected chi connectivity index (χ1v) is 5.65. The number of methoxy groups -OCH3 is 1. The molecule has 0 aliphatic heterocycles. The van der Waals surface area contributed by atoms with E-state index in [0.717, 1.165) is 0 Å². The number of rotatable bonds is 6. The molecule has 0 aliphatic carbocycles. The summed E-state index contributed by atoms with van der Waals surface area (Å²) in [7, 11) is 1.52. The zero-order chi connectivity index (χ0) is 12.8. The van der Waals surface area contributed by atoms with Gasteiger partial charge in [0.05, 0.1) is 18.2 Å². The average Bonchev–Trinajstić information content (AvgIpc) is 2.28. The SMILES string of the molecule is COc1ccc(C(O)CCCC(=O)O)cc1Cl. The van der Waals surface area contributed by atoms with Crippen molar-refractivity contribution in [1.29, 1.82) is 0 Å². The van der Waals surface area contributed by atoms with Gasteiger partial charge in [0, 0.05) is 6.42 Å². The summed E-state index contributed by atoms with van der Waals surface area (Å²) >= 11 is 5.93. The Morgan fingerprint density at radius 1 is 1.53 bits per heavy atom. The van der Waals surface area contributed by atoms with Crippen molar-refractivity contribution in [3.05, 3.63) is 28.8 Å². The van der Waals surface area contributed by atoms with E-state index in [0.29, 0.717) is 29.2 Å². The number of benzene rings is 1. The van der Waals surface area contributed by atoms with Gasteiger partial charge in [0.2, 0.25) is 0 Å². The molecule has 0 spiro atoms. The molecule has 0 amide bonds. The maximum Gasteiger partial charge on any atom is 0.303 e. The van der Waals surface area contributed by atoms with Gasteiger partial charge < -0.3 is 14.9 Å². The molecule has 0 aromatic heterocycles. The first-order chi connectivity index (χ1) is 8.04. The smallest absolute Gasteiger partial charge is 0.303 e. The maximum atomic E-state index is 10.3. The summed E-state index contributed by atoms with van der Waals surface area (Å²) in [4.78, 5) is 10.3. The molecule has 5 heteroatoms. The zero-order valence-corrected chi connectivity index (χ0v) is 10.3. The second-order valence-electron chi connectivity index (χ2n) is 3.70. The molecule has 0 saturated carbocycles. The summed E-state index contributed by atoms with van der Waals surface area (Å²) in [6.07, 6.45) is 0.188. The van der Waals surface area contributed by atoms with Crippen LogP contribution in [0.25, 0.3) is 0 Å². The Bertz CT molecular complexity index is 392. The van der Waals surface area contributed by atoms with Gasteiger partial charge in [-0.1, -0.05) is 17.7 Å². The molecule has 4 nitrogen and oxygen atoms in total. The van der Waals surface area contributed by atoms with Gasteiger partial charge >= 0.3 is 5.97 Å². The van der Waals surface area contributed by atoms with Gasteiger partial charge in [0.15, 0.2) is 0 Å². The second kappa shape index (κ2) is 6.47. The lowest BCUT2D eigenvalue weighted by atomic mass is 10.0. The summed E-state index contributed by atoms with van der Waals surface area (Å²) in [6.45, 7) is 0. The monoisotopic (exact) mass is 258 g/mol. The van der Waals surface area contributed by atoms with Gasteiger partial charge in [-0.2, -0.15) is 0 Å². The molecule has 0 saturated heterocycles. The Kier molecular flexibility index (Phi) is 5.25. The molecule has 1 aromatic rings. The van der Waals surface area contributed by atoms with Crippen LogP contribution in [0.5, 0.6) is 5.75 Å². The van der Waals surface area contributed by atoms with Crippen molar-refractivity contribution in [2.45, 2.75) is 25.4 Å². The Morgan fingerprint density at radius 2 is 2.24 bits per heavy atom. The fourth-order valence-corrected chi connectivity index (χ4v) is 1.77. The highest BCUT2D eigenvalue weighted by atomic mass is 35.5. The molecule has 94 valence electrons. The quantitative estimate of drug-likeness (QED) is 0.823. The molecule has 1 atom stereocenters. The van der Waals surface area contributed by atoms with Gasteiger partial charge in [-0.25, -0.2) is 0 Å². The number of carbonyl (C=O) groups is 1. The number of hydrogen-bond acceptors (Lipinski definition) is 3. The number of carboxylic acid groups (broad SMARTS) is 1. The van der Waals surface area contributed by atoms with Crippen molar-refractivity contribution in [2.75, 3.05) is 7.11 Å². The van der Waals surface area contributed by atoms with Crippen molar-refractivity contribution in [1.82, 2.24) is 0 Å². The lowest BCUT2D eigenvalue weighted by Gasteiger charge is -2.12. The third-order valence-electron chi connectivity index (χ3n) is 2.43. The molecule has 0 fully saturated rings. The number of aliphatic hydroxyl groups is 1. The minimum atomic E-state index is -0.857. The molecule has 0 radical (unpaired) electrons. The Labute approximate surface area is 105 Å². The highest BCUT2D eigenvalue weighted by Gasteiger charge is 2.10. The van der Waals surface area contributed by atoms with Crippen LogP contribution in [0.4, 0.5) is 0 Å². The molecule has 1 rings (SSSR count). The highest BCUT2D eigenvalue weighted by Crippen LogP contribution is 2.29. The lowest BCUT2D eigenvalue weighted by Crippen LogP contribution is -2.00. The maximum absolute atomic E-state index is 10.3. The van der Waals surface area contributed by atoms with Gasteiger partial charge in [-0.15, -0.1) is 0 Å². The van der Waals surface area contributed by atoms with E-state index in [2.05, 4.69) is 0 Å². The number of hydrogen-bond donors (Lipinski definition) is 2. The Morgan fingerprint density at radius 3 is 2.76 bits per heavy atom. The second-order valence-corrected chi connectivity index (χ2v) is 4.10. The van der Waals surface area contributed by atoms with Crippen LogP contribution in [0.15, 0.2) is 18.2 Å². The van der Waals surface area contributed by atoms with Crippen molar-refractivity contribution in [3.8, 4) is 5.75 Å². The minimum Gasteiger partial charge on any atom is -0.495 e. The predicted octanol–water partition coefficient (Wildman–Crippen LogP) is 2.64. The van der Waals surface area contributed by atoms with Crippen LogP contribution in [0.1, 0.15) is 30.9 Å². The van der Waals surface area contributed by atoms with Crippen LogP contribution in [0.2, 0.25) is 5.02 Å². The Balaban J connectivity index is 2.59. The highest BCUT2D eigenvalue weighted by molar-refractivity contribution is 6.32. The van der Waals surface area contributed by atoms with Crippen LogP contribution in [-0.4, -0.2) is 23.3 Å². The van der Waals surface area contributed by atoms with E-state index in [1.165, 1.54) is 7.11 Å². The first-order valence-electron chi connectivity index (χ1n) is 5.28. The molecule has 0 bridgehead atoms. The normalized spacial score (nSPS) is 12.2. The summed E-state index contributed by atoms with van der Waals surface area (Å²) < 4.78 is 5.00. The van der Waals surface area contributed by atoms with Crippen molar-refractivity contribution >= 4 is 17.6 Å². The summed E-state index contributed by atoms with van der Waals surface area (Å²) in [5, 5.41) is 18.8. The third-order valence-corrected chi connectivity index (χ3v) is 2.72. The Hall–Kier alpha value is -1.26. The summed E-state index contributed by atoms with van der Waals surface area (Å²) in [5.41, 5.74) is 0.668. The minimum absolute atomic E-state index is 0.0565. The topological polar surface area (TPSA) is 66.8 Å². The lowest BCUT2D eigenvalue weighted by molar-refractivity contribution is -0.137. The van der Waals surface area contributed by atoms with E-state index < -0.39 is 12.1 Å². The number of aliphatic carboxylic acids is 1. The van der Waals surface area contributed by atoms with E-state index in [9.17, 15) is 9.90 Å². The van der Waals surface area contributed by atoms with Crippen LogP contribution in [0.3, 0.4) is 0 Å². The van der Waals surface area contributed by atoms with E-state index in [1.807, 2.05) is 0 Å². The van der Waals surface area contributed by atoms with E-state index >= 15 is 0 Å². The molecule has 17 heavy (non-hydrogen) atoms. The van der Waals surface area contributed by atoms with Crippen LogP contribution in [-0.2, 0) is 4.79 Å². The van der Waals surface area contributed by atoms with E-state index in [-0.39, 0.29) is 6.42 Å². The molecule has 0 heterocycles. The molecule has 2 N–H and O–H groups in total. The molecule has 1 unspecified atom stereocenters. The summed E-state index contributed by atoms with van der Waals surface area (Å²) in [5.74, 6) is -0.307. The van der Waals surface area contributed by atoms with Gasteiger partial charge in [-0.3, -0.25) is 4.79 Å². The molecule has 1 aromatic carbocycles. The summed E-state index contributed by atoms with van der Waals surface area (Å²) in [6, 6.07) is 5.03. The van der Waals surface area contributed by atoms with E-state index in [1.54, 1.807) is 18.2 Å². The standard InChI is InChI=1S/C12H15ClO4/c1-17-11-6-5-8(7-9(11)13)10(14)3-2-4-12(15)16/h5-7,10,14H,2-4H2,1H3,(H,15,16). The molecule has 0 aliphatic rings. The molecular formula is C12H15ClO4. The first kappa shape index (κ1) is 13.8. The number of aliphatic hydroxyl groups excluding tert-OH is 1. The van der Waals surface area contributed by atoms with Gasteiger partial charge in [0.25, 0.3) is 0 Å². The van der Waals surface area contributed by atoms with Crippen LogP contribution >= 0.6 is 11.6 Å². The van der Waals surface area contributed by atoms with Gasteiger partial charge in [0.1, 0.15) is 5.75 Å². The fourth-order valence-electron chi connectivity index (χ4n) is 1.50. The van der Waals surface area contributed by atoms with Crippen LogP contribution < -0.4 is 4.74 Å². The fraction of sp³-hybridized carbons (Fsp3) is 0.417. The van der Waals surface area contributed by atoms with Crippen molar-refractivity contribution in [3.63, 3.8) is 0 Å². The van der Waals surface area contributed by atoms with Crippen molar-refractivity contribution < 1.29 is 19.7 Å². The van der Waals surface area contributed by atoms with Gasteiger partial charge in [-0.05, 0) is 30.5 Å².